The van der Waals surface area contributed by atoms with Crippen molar-refractivity contribution in [3.63, 3.8) is 0 Å². The molecule has 6 nitrogen and oxygen atoms in total. The summed E-state index contributed by atoms with van der Waals surface area (Å²) in [5, 5.41) is 0. The van der Waals surface area contributed by atoms with Gasteiger partial charge in [-0.2, -0.15) is 0 Å². The van der Waals surface area contributed by atoms with Gasteiger partial charge in [0, 0.05) is 6.08 Å². The van der Waals surface area contributed by atoms with Crippen LogP contribution in [0.1, 0.15) is 27.7 Å². The first-order valence-corrected chi connectivity index (χ1v) is 5.11. The molecule has 0 aromatic rings. The molecule has 19 heavy (non-hydrogen) atoms. The standard InChI is InChI=1S/C4H6O2.C3H5NO.2C3H6O/c1-3-4(5)6-2;1-2-3(4)5;2*1-3(2)4/h3H,1H2,2H3;2H,1H2,(H2,4,5);2*1-2H3. The Labute approximate surface area is 114 Å². The lowest BCUT2D eigenvalue weighted by atomic mass is 10.6. The fraction of sp³-hybridized carbons (Fsp3) is 0.385. The van der Waals surface area contributed by atoms with Gasteiger partial charge in [0.25, 0.3) is 0 Å². The number of esters is 1. The minimum atomic E-state index is -0.481. The third-order valence-electron chi connectivity index (χ3n) is 0.569. The summed E-state index contributed by atoms with van der Waals surface area (Å²) in [6, 6.07) is 0. The third-order valence-corrected chi connectivity index (χ3v) is 0.569. The molecule has 0 aliphatic carbocycles. The van der Waals surface area contributed by atoms with E-state index in [0.717, 1.165) is 12.2 Å². The largest absolute Gasteiger partial charge is 0.466 e. The van der Waals surface area contributed by atoms with Gasteiger partial charge in [0.2, 0.25) is 5.91 Å². The first-order chi connectivity index (χ1) is 8.54. The highest BCUT2D eigenvalue weighted by molar-refractivity contribution is 5.85. The fourth-order valence-electron chi connectivity index (χ4n) is 0.0833. The molecule has 0 saturated carbocycles. The van der Waals surface area contributed by atoms with E-state index in [1.54, 1.807) is 0 Å². The van der Waals surface area contributed by atoms with Crippen molar-refractivity contribution in [1.29, 1.82) is 0 Å². The van der Waals surface area contributed by atoms with Gasteiger partial charge in [-0.15, -0.1) is 0 Å². The lowest BCUT2D eigenvalue weighted by Crippen LogP contribution is -2.04. The second-order valence-corrected chi connectivity index (χ2v) is 3.15. The van der Waals surface area contributed by atoms with Gasteiger partial charge >= 0.3 is 5.97 Å². The van der Waals surface area contributed by atoms with Crippen LogP contribution < -0.4 is 5.73 Å². The molecule has 0 atom stereocenters. The van der Waals surface area contributed by atoms with Gasteiger partial charge in [0.05, 0.1) is 7.11 Å². The molecule has 6 heteroatoms. The molecule has 0 aliphatic heterocycles. The first kappa shape index (κ1) is 25.6. The second-order valence-electron chi connectivity index (χ2n) is 3.15. The number of hydrogen-bond acceptors (Lipinski definition) is 5. The Kier molecular flexibility index (Phi) is 28.4. The van der Waals surface area contributed by atoms with Crippen molar-refractivity contribution in [2.24, 2.45) is 5.73 Å². The molecule has 2 N–H and O–H groups in total. The molecule has 0 heterocycles. The predicted molar refractivity (Wildman–Crippen MR) is 74.3 cm³/mol. The van der Waals surface area contributed by atoms with E-state index in [2.05, 4.69) is 23.6 Å². The minimum Gasteiger partial charge on any atom is -0.466 e. The number of ketones is 2. The molecule has 0 fully saturated rings. The Balaban J connectivity index is -0.0000000803. The van der Waals surface area contributed by atoms with E-state index < -0.39 is 11.9 Å². The molecule has 0 aliphatic rings. The zero-order valence-corrected chi connectivity index (χ0v) is 12.2. The van der Waals surface area contributed by atoms with Crippen LogP contribution in [0.3, 0.4) is 0 Å². The lowest BCUT2D eigenvalue weighted by molar-refractivity contribution is -0.134. The smallest absolute Gasteiger partial charge is 0.329 e. The Morgan fingerprint density at radius 2 is 1.11 bits per heavy atom. The highest BCUT2D eigenvalue weighted by Gasteiger charge is 1.81. The average Bonchev–Trinajstić information content (AvgIpc) is 2.27. The minimum absolute atomic E-state index is 0.167. The van der Waals surface area contributed by atoms with Crippen molar-refractivity contribution >= 4 is 23.4 Å². The van der Waals surface area contributed by atoms with Crippen molar-refractivity contribution in [3.8, 4) is 0 Å². The third kappa shape index (κ3) is 211. The van der Waals surface area contributed by atoms with Crippen LogP contribution in [0.25, 0.3) is 0 Å². The molecule has 0 radical (unpaired) electrons. The monoisotopic (exact) mass is 273 g/mol. The number of Topliss-reactive ketones (excluding diaryl/α,β-unsaturated/α-hetero) is 2. The number of rotatable bonds is 2. The molecule has 0 rings (SSSR count). The SMILES string of the molecule is C=CC(=O)OC.C=CC(N)=O.CC(C)=O.CC(C)=O. The van der Waals surface area contributed by atoms with Crippen LogP contribution >= 0.6 is 0 Å². The predicted octanol–water partition coefficient (Wildman–Crippen LogP) is 1.19. The highest BCUT2D eigenvalue weighted by atomic mass is 16.5. The van der Waals surface area contributed by atoms with Gasteiger partial charge in [0.1, 0.15) is 11.6 Å². The molecule has 0 saturated heterocycles. The Hall–Kier alpha value is -2.24. The number of ether oxygens (including phenoxy) is 1. The van der Waals surface area contributed by atoms with E-state index >= 15 is 0 Å². The van der Waals surface area contributed by atoms with Gasteiger partial charge in [0.15, 0.2) is 0 Å². The second kappa shape index (κ2) is 21.1. The Morgan fingerprint density at radius 1 is 0.895 bits per heavy atom. The molecular formula is C13H23NO5. The highest BCUT2D eigenvalue weighted by Crippen LogP contribution is 1.67. The summed E-state index contributed by atoms with van der Waals surface area (Å²) in [7, 11) is 1.31. The molecule has 0 bridgehead atoms. The first-order valence-electron chi connectivity index (χ1n) is 5.11. The van der Waals surface area contributed by atoms with Crippen molar-refractivity contribution in [3.05, 3.63) is 25.3 Å². The maximum Gasteiger partial charge on any atom is 0.329 e. The summed E-state index contributed by atoms with van der Waals surface area (Å²) in [4.78, 5) is 38.2. The number of nitrogens with two attached hydrogens (primary N) is 1. The van der Waals surface area contributed by atoms with Gasteiger partial charge < -0.3 is 20.1 Å². The van der Waals surface area contributed by atoms with Gasteiger partial charge in [-0.1, -0.05) is 13.2 Å². The molecular weight excluding hydrogens is 250 g/mol. The molecule has 0 aromatic heterocycles. The molecule has 0 aromatic carbocycles. The van der Waals surface area contributed by atoms with Crippen LogP contribution in [0, 0.1) is 0 Å². The summed E-state index contributed by atoms with van der Waals surface area (Å²) in [5.41, 5.74) is 4.53. The summed E-state index contributed by atoms with van der Waals surface area (Å²) >= 11 is 0. The fourth-order valence-corrected chi connectivity index (χ4v) is 0.0833. The maximum atomic E-state index is 9.84. The Morgan fingerprint density at radius 3 is 1.11 bits per heavy atom. The van der Waals surface area contributed by atoms with Gasteiger partial charge in [-0.25, -0.2) is 4.79 Å². The number of amides is 1. The number of primary amides is 1. The summed E-state index contributed by atoms with van der Waals surface area (Å²) in [5.74, 6) is -0.542. The van der Waals surface area contributed by atoms with Crippen LogP contribution in [-0.2, 0) is 23.9 Å². The van der Waals surface area contributed by atoms with Crippen molar-refractivity contribution in [2.45, 2.75) is 27.7 Å². The van der Waals surface area contributed by atoms with E-state index in [9.17, 15) is 19.2 Å². The van der Waals surface area contributed by atoms with E-state index in [1.807, 2.05) is 0 Å². The van der Waals surface area contributed by atoms with Crippen molar-refractivity contribution < 1.29 is 23.9 Å². The summed E-state index contributed by atoms with van der Waals surface area (Å²) < 4.78 is 4.14. The maximum absolute atomic E-state index is 9.84. The van der Waals surface area contributed by atoms with Crippen LogP contribution in [0.5, 0.6) is 0 Å². The normalized spacial score (nSPS) is 6.58. The topological polar surface area (TPSA) is 104 Å². The quantitative estimate of drug-likeness (QED) is 0.601. The van der Waals surface area contributed by atoms with Crippen LogP contribution in [0.15, 0.2) is 25.3 Å². The van der Waals surface area contributed by atoms with Gasteiger partial charge in [-0.05, 0) is 33.8 Å². The van der Waals surface area contributed by atoms with E-state index in [0.29, 0.717) is 0 Å². The van der Waals surface area contributed by atoms with Crippen molar-refractivity contribution in [1.82, 2.24) is 0 Å². The van der Waals surface area contributed by atoms with E-state index in [4.69, 9.17) is 0 Å². The molecule has 1 amide bonds. The molecule has 0 spiro atoms. The van der Waals surface area contributed by atoms with E-state index in [1.165, 1.54) is 34.8 Å². The van der Waals surface area contributed by atoms with Crippen LogP contribution in [0.4, 0.5) is 0 Å². The zero-order valence-electron chi connectivity index (χ0n) is 12.2. The molecule has 0 unspecified atom stereocenters. The van der Waals surface area contributed by atoms with E-state index in [-0.39, 0.29) is 11.6 Å². The lowest BCUT2D eigenvalue weighted by Gasteiger charge is -1.83. The molecule has 110 valence electrons. The number of carbonyl (C=O) groups excluding carboxylic acids is 4. The zero-order chi connectivity index (χ0) is 16.4. The van der Waals surface area contributed by atoms with Crippen LogP contribution in [-0.4, -0.2) is 30.6 Å². The Bertz CT molecular complexity index is 288. The average molecular weight is 273 g/mol. The van der Waals surface area contributed by atoms with Gasteiger partial charge in [-0.3, -0.25) is 4.79 Å². The number of methoxy groups -OCH3 is 1. The summed E-state index contributed by atoms with van der Waals surface area (Å²) in [6.45, 7) is 12.4. The number of hydrogen-bond donors (Lipinski definition) is 1. The van der Waals surface area contributed by atoms with Crippen LogP contribution in [0.2, 0.25) is 0 Å². The summed E-state index contributed by atoms with van der Waals surface area (Å²) in [6.07, 6.45) is 2.17. The van der Waals surface area contributed by atoms with Crippen molar-refractivity contribution in [2.75, 3.05) is 7.11 Å². The number of carbonyl (C=O) groups is 4.